The molecule has 0 amide bonds. The summed E-state index contributed by atoms with van der Waals surface area (Å²) < 4.78 is 2.39. The highest BCUT2D eigenvalue weighted by molar-refractivity contribution is 6.11. The molecule has 2 aromatic rings. The van der Waals surface area contributed by atoms with Gasteiger partial charge in [-0.25, -0.2) is 0 Å². The first kappa shape index (κ1) is 24.8. The molecule has 4 heterocycles. The van der Waals surface area contributed by atoms with E-state index in [2.05, 4.69) is 63.7 Å². The maximum absolute atomic E-state index is 10.2. The summed E-state index contributed by atoms with van der Waals surface area (Å²) in [5.41, 5.74) is 7.72. The summed E-state index contributed by atoms with van der Waals surface area (Å²) in [6, 6.07) is 7.54. The van der Waals surface area contributed by atoms with Gasteiger partial charge in [0.1, 0.15) is 0 Å². The SMILES string of the molecule is C=C(NC)N1CCc2c(c(N3CCCc4cc(C5=NC(C)CC=C5)c(C#N)cc43)nn2C2CCCCC2)C1. The van der Waals surface area contributed by atoms with Gasteiger partial charge in [0.05, 0.1) is 35.2 Å². The molecular formula is C31H39N7. The number of fused-ring (bicyclic) bond motifs is 2. The molecule has 1 saturated carbocycles. The lowest BCUT2D eigenvalue weighted by atomic mass is 9.92. The lowest BCUT2D eigenvalue weighted by Gasteiger charge is -2.34. The normalized spacial score (nSPS) is 21.4. The zero-order valence-corrected chi connectivity index (χ0v) is 22.8. The van der Waals surface area contributed by atoms with Crippen LogP contribution in [0.2, 0.25) is 0 Å². The number of allylic oxidation sites excluding steroid dienone is 1. The van der Waals surface area contributed by atoms with E-state index in [0.29, 0.717) is 11.6 Å². The molecule has 1 unspecified atom stereocenters. The molecule has 3 aliphatic heterocycles. The van der Waals surface area contributed by atoms with E-state index in [9.17, 15) is 5.26 Å². The molecule has 1 aromatic heterocycles. The van der Waals surface area contributed by atoms with E-state index in [0.717, 1.165) is 73.9 Å². The van der Waals surface area contributed by atoms with Crippen LogP contribution in [0.25, 0.3) is 0 Å². The van der Waals surface area contributed by atoms with Crippen LogP contribution in [0, 0.1) is 11.3 Å². The fraction of sp³-hybridized carbons (Fsp3) is 0.516. The minimum Gasteiger partial charge on any atom is -0.375 e. The predicted octanol–water partition coefficient (Wildman–Crippen LogP) is 5.53. The van der Waals surface area contributed by atoms with Crippen LogP contribution < -0.4 is 10.2 Å². The van der Waals surface area contributed by atoms with E-state index in [1.807, 2.05) is 7.05 Å². The molecule has 0 saturated heterocycles. The van der Waals surface area contributed by atoms with Crippen molar-refractivity contribution in [3.8, 4) is 6.07 Å². The highest BCUT2D eigenvalue weighted by Crippen LogP contribution is 2.41. The minimum atomic E-state index is 0.250. The van der Waals surface area contributed by atoms with Gasteiger partial charge in [0.25, 0.3) is 0 Å². The fourth-order valence-corrected chi connectivity index (χ4v) is 6.69. The summed E-state index contributed by atoms with van der Waals surface area (Å²) in [7, 11) is 1.94. The van der Waals surface area contributed by atoms with Crippen LogP contribution in [0.5, 0.6) is 0 Å². The molecule has 1 aromatic carbocycles. The highest BCUT2D eigenvalue weighted by atomic mass is 15.4. The monoisotopic (exact) mass is 509 g/mol. The fourth-order valence-electron chi connectivity index (χ4n) is 6.69. The van der Waals surface area contributed by atoms with Crippen molar-refractivity contribution in [1.82, 2.24) is 20.0 Å². The first-order chi connectivity index (χ1) is 18.6. The second kappa shape index (κ2) is 10.3. The molecule has 4 aliphatic rings. The second-order valence-corrected chi connectivity index (χ2v) is 11.2. The van der Waals surface area contributed by atoms with Gasteiger partial charge in [0, 0.05) is 55.6 Å². The van der Waals surface area contributed by atoms with Crippen molar-refractivity contribution in [2.24, 2.45) is 4.99 Å². The number of nitriles is 1. The number of aromatic nitrogens is 2. The Morgan fingerprint density at radius 1 is 1.13 bits per heavy atom. The van der Waals surface area contributed by atoms with Crippen molar-refractivity contribution in [3.05, 3.63) is 64.6 Å². The first-order valence-electron chi connectivity index (χ1n) is 14.4. The highest BCUT2D eigenvalue weighted by Gasteiger charge is 2.33. The summed E-state index contributed by atoms with van der Waals surface area (Å²) in [5.74, 6) is 2.03. The zero-order valence-electron chi connectivity index (χ0n) is 22.8. The van der Waals surface area contributed by atoms with E-state index >= 15 is 0 Å². The van der Waals surface area contributed by atoms with E-state index in [4.69, 9.17) is 10.1 Å². The number of rotatable bonds is 5. The van der Waals surface area contributed by atoms with Gasteiger partial charge in [0.2, 0.25) is 0 Å². The van der Waals surface area contributed by atoms with Gasteiger partial charge in [0.15, 0.2) is 5.82 Å². The minimum absolute atomic E-state index is 0.250. The number of anilines is 2. The Bertz CT molecular complexity index is 1330. The number of benzene rings is 1. The largest absolute Gasteiger partial charge is 0.375 e. The summed E-state index contributed by atoms with van der Waals surface area (Å²) in [6.45, 7) is 9.06. The molecule has 198 valence electrons. The van der Waals surface area contributed by atoms with Crippen molar-refractivity contribution in [3.63, 3.8) is 0 Å². The number of nitrogens with one attached hydrogen (secondary N) is 1. The van der Waals surface area contributed by atoms with Gasteiger partial charge in [-0.2, -0.15) is 10.4 Å². The third kappa shape index (κ3) is 4.40. The maximum Gasteiger partial charge on any atom is 0.160 e. The van der Waals surface area contributed by atoms with Crippen molar-refractivity contribution in [1.29, 1.82) is 5.26 Å². The van der Waals surface area contributed by atoms with Gasteiger partial charge in [-0.1, -0.05) is 31.9 Å². The molecule has 0 bridgehead atoms. The first-order valence-corrected chi connectivity index (χ1v) is 14.4. The Balaban J connectivity index is 1.44. The van der Waals surface area contributed by atoms with Crippen molar-refractivity contribution >= 4 is 17.2 Å². The molecule has 1 N–H and O–H groups in total. The van der Waals surface area contributed by atoms with Crippen LogP contribution in [0.1, 0.15) is 85.9 Å². The Morgan fingerprint density at radius 3 is 2.74 bits per heavy atom. The summed E-state index contributed by atoms with van der Waals surface area (Å²) >= 11 is 0. The lowest BCUT2D eigenvalue weighted by molar-refractivity contribution is 0.284. The summed E-state index contributed by atoms with van der Waals surface area (Å²) in [5, 5.41) is 18.8. The maximum atomic E-state index is 10.2. The smallest absolute Gasteiger partial charge is 0.160 e. The van der Waals surface area contributed by atoms with Gasteiger partial charge < -0.3 is 15.1 Å². The zero-order chi connectivity index (χ0) is 26.2. The Kier molecular flexibility index (Phi) is 6.73. The Labute approximate surface area is 226 Å². The average molecular weight is 510 g/mol. The van der Waals surface area contributed by atoms with Crippen molar-refractivity contribution in [2.75, 3.05) is 25.0 Å². The van der Waals surface area contributed by atoms with E-state index in [1.165, 1.54) is 48.9 Å². The predicted molar refractivity (Wildman–Crippen MR) is 153 cm³/mol. The number of hydrogen-bond donors (Lipinski definition) is 1. The van der Waals surface area contributed by atoms with Gasteiger partial charge in [-0.15, -0.1) is 0 Å². The number of dihydropyridines is 1. The Morgan fingerprint density at radius 2 is 1.97 bits per heavy atom. The molecule has 1 atom stereocenters. The van der Waals surface area contributed by atoms with Gasteiger partial charge >= 0.3 is 0 Å². The van der Waals surface area contributed by atoms with Crippen molar-refractivity contribution < 1.29 is 0 Å². The molecular weight excluding hydrogens is 470 g/mol. The molecule has 6 rings (SSSR count). The number of aliphatic imine (C=N–C) groups is 1. The quantitative estimate of drug-likeness (QED) is 0.574. The van der Waals surface area contributed by atoms with Crippen LogP contribution in [-0.4, -0.2) is 46.6 Å². The van der Waals surface area contributed by atoms with Crippen LogP contribution in [-0.2, 0) is 19.4 Å². The molecule has 0 spiro atoms. The molecule has 38 heavy (non-hydrogen) atoms. The average Bonchev–Trinajstić information content (AvgIpc) is 3.35. The standard InChI is InChI=1S/C31H39N7/c1-21-9-7-13-28(34-21)26-17-23-10-8-15-37(30(23)18-24(26)19-32)31-27-20-36(22(2)33-3)16-14-29(27)38(35-31)25-11-5-4-6-12-25/h7,13,17-18,21,25,33H,2,4-6,8-12,14-16,20H2,1,3H3. The van der Waals surface area contributed by atoms with Crippen LogP contribution >= 0.6 is 0 Å². The lowest BCUT2D eigenvalue weighted by Crippen LogP contribution is -2.35. The molecule has 0 radical (unpaired) electrons. The molecule has 7 nitrogen and oxygen atoms in total. The van der Waals surface area contributed by atoms with Crippen molar-refractivity contribution in [2.45, 2.75) is 83.3 Å². The van der Waals surface area contributed by atoms with E-state index in [1.54, 1.807) is 0 Å². The summed E-state index contributed by atoms with van der Waals surface area (Å²) in [4.78, 5) is 9.60. The second-order valence-electron chi connectivity index (χ2n) is 11.2. The molecule has 7 heteroatoms. The third-order valence-corrected chi connectivity index (χ3v) is 8.76. The van der Waals surface area contributed by atoms with E-state index < -0.39 is 0 Å². The van der Waals surface area contributed by atoms with E-state index in [-0.39, 0.29) is 6.04 Å². The summed E-state index contributed by atoms with van der Waals surface area (Å²) in [6.07, 6.45) is 14.6. The number of aryl methyl sites for hydroxylation is 1. The van der Waals surface area contributed by atoms with Crippen LogP contribution in [0.15, 0.2) is 41.7 Å². The molecule has 1 aliphatic carbocycles. The topological polar surface area (TPSA) is 72.5 Å². The Hall–Kier alpha value is -3.53. The van der Waals surface area contributed by atoms with Gasteiger partial charge in [-0.05, 0) is 62.8 Å². The number of nitrogens with zero attached hydrogens (tertiary/aromatic N) is 6. The third-order valence-electron chi connectivity index (χ3n) is 8.76. The van der Waals surface area contributed by atoms with Crippen LogP contribution in [0.4, 0.5) is 11.5 Å². The van der Waals surface area contributed by atoms with Gasteiger partial charge in [-0.3, -0.25) is 9.67 Å². The number of hydrogen-bond acceptors (Lipinski definition) is 6. The molecule has 1 fully saturated rings. The van der Waals surface area contributed by atoms with Crippen LogP contribution in [0.3, 0.4) is 0 Å².